The number of methoxy groups -OCH3 is 1. The SMILES string of the molecule is COc1ccc(/C=C(\NC(=O)c2ccccc2)C(=O)Nc2ccc(SC(C(=O)Nc3ccc(O)c(C(=O)O)c3)c3ccccc3)cc2)cc1. The van der Waals surface area contributed by atoms with Crippen molar-refractivity contribution in [1.29, 1.82) is 0 Å². The lowest BCUT2D eigenvalue weighted by atomic mass is 10.1. The highest BCUT2D eigenvalue weighted by molar-refractivity contribution is 8.00. The molecule has 10 nitrogen and oxygen atoms in total. The summed E-state index contributed by atoms with van der Waals surface area (Å²) in [7, 11) is 1.56. The Bertz CT molecular complexity index is 1980. The molecule has 0 aliphatic carbocycles. The molecule has 1 atom stereocenters. The number of carboxylic acid groups (broad SMARTS) is 1. The van der Waals surface area contributed by atoms with Gasteiger partial charge in [-0.05, 0) is 83.9 Å². The first-order chi connectivity index (χ1) is 23.7. The maximum Gasteiger partial charge on any atom is 0.339 e. The second-order valence-electron chi connectivity index (χ2n) is 10.6. The van der Waals surface area contributed by atoms with Crippen molar-refractivity contribution >= 4 is 52.9 Å². The van der Waals surface area contributed by atoms with Crippen LogP contribution in [0.4, 0.5) is 11.4 Å². The van der Waals surface area contributed by atoms with Crippen LogP contribution in [-0.4, -0.2) is 41.0 Å². The van der Waals surface area contributed by atoms with Gasteiger partial charge in [0.15, 0.2) is 0 Å². The lowest BCUT2D eigenvalue weighted by Crippen LogP contribution is -2.30. The molecular weight excluding hydrogens is 642 g/mol. The summed E-state index contributed by atoms with van der Waals surface area (Å²) < 4.78 is 5.22. The third-order valence-electron chi connectivity index (χ3n) is 7.16. The largest absolute Gasteiger partial charge is 0.507 e. The molecule has 0 fully saturated rings. The number of aromatic hydroxyl groups is 1. The van der Waals surface area contributed by atoms with Gasteiger partial charge in [-0.3, -0.25) is 14.4 Å². The molecule has 0 spiro atoms. The number of amides is 3. The number of carbonyl (C=O) groups excluding carboxylic acids is 3. The number of nitrogens with one attached hydrogen (secondary N) is 3. The average Bonchev–Trinajstić information content (AvgIpc) is 3.12. The van der Waals surface area contributed by atoms with E-state index in [0.29, 0.717) is 33.0 Å². The number of benzene rings is 5. The van der Waals surface area contributed by atoms with E-state index in [1.54, 1.807) is 92.0 Å². The number of hydrogen-bond donors (Lipinski definition) is 5. The highest BCUT2D eigenvalue weighted by Crippen LogP contribution is 2.37. The lowest BCUT2D eigenvalue weighted by molar-refractivity contribution is -0.116. The second-order valence-corrected chi connectivity index (χ2v) is 11.7. The van der Waals surface area contributed by atoms with Crippen LogP contribution in [0.5, 0.6) is 11.5 Å². The number of carbonyl (C=O) groups is 4. The summed E-state index contributed by atoms with van der Waals surface area (Å²) in [5, 5.41) is 26.8. The number of phenols is 1. The van der Waals surface area contributed by atoms with E-state index in [9.17, 15) is 29.4 Å². The maximum absolute atomic E-state index is 13.5. The van der Waals surface area contributed by atoms with Crippen molar-refractivity contribution in [3.63, 3.8) is 0 Å². The Morgan fingerprint density at radius 1 is 0.755 bits per heavy atom. The molecular formula is C38H31N3O7S. The van der Waals surface area contributed by atoms with Gasteiger partial charge in [0.25, 0.3) is 11.8 Å². The van der Waals surface area contributed by atoms with Crippen LogP contribution >= 0.6 is 11.8 Å². The number of hydrogen-bond acceptors (Lipinski definition) is 7. The molecule has 5 rings (SSSR count). The number of carboxylic acids is 1. The molecule has 3 amide bonds. The van der Waals surface area contributed by atoms with E-state index in [1.807, 2.05) is 30.3 Å². The molecule has 5 aromatic rings. The van der Waals surface area contributed by atoms with E-state index in [-0.39, 0.29) is 16.9 Å². The Morgan fingerprint density at radius 2 is 1.39 bits per heavy atom. The van der Waals surface area contributed by atoms with Gasteiger partial charge in [0.05, 0.1) is 7.11 Å². The van der Waals surface area contributed by atoms with Crippen LogP contribution in [0.25, 0.3) is 6.08 Å². The van der Waals surface area contributed by atoms with Crippen LogP contribution in [0.2, 0.25) is 0 Å². The Kier molecular flexibility index (Phi) is 11.1. The summed E-state index contributed by atoms with van der Waals surface area (Å²) in [6, 6.07) is 35.3. The maximum atomic E-state index is 13.5. The topological polar surface area (TPSA) is 154 Å². The number of rotatable bonds is 12. The standard InChI is InChI=1S/C38H31N3O7S/c1-48-29-17-12-24(13-18-29)22-32(41-35(43)26-10-6-3-7-11-26)36(44)39-27-14-19-30(20-15-27)49-34(25-8-4-2-5-9-25)37(45)40-28-16-21-33(42)31(23-28)38(46)47/h2-23,34,42H,1H3,(H,39,44)(H,40,45)(H,41,43)(H,46,47)/b32-22-. The van der Waals surface area contributed by atoms with Crippen LogP contribution in [0.3, 0.4) is 0 Å². The summed E-state index contributed by atoms with van der Waals surface area (Å²) in [5.74, 6) is -2.48. The third kappa shape index (κ3) is 9.15. The minimum atomic E-state index is -1.32. The first kappa shape index (κ1) is 34.0. The zero-order valence-corrected chi connectivity index (χ0v) is 26.9. The van der Waals surface area contributed by atoms with Gasteiger partial charge in [-0.15, -0.1) is 11.8 Å². The van der Waals surface area contributed by atoms with Gasteiger partial charge >= 0.3 is 5.97 Å². The summed E-state index contributed by atoms with van der Waals surface area (Å²) >= 11 is 1.26. The number of aromatic carboxylic acids is 1. The molecule has 0 saturated heterocycles. The zero-order chi connectivity index (χ0) is 34.8. The second kappa shape index (κ2) is 16.0. The van der Waals surface area contributed by atoms with Gasteiger partial charge in [-0.25, -0.2) is 4.79 Å². The van der Waals surface area contributed by atoms with E-state index in [2.05, 4.69) is 16.0 Å². The molecule has 0 radical (unpaired) electrons. The fourth-order valence-electron chi connectivity index (χ4n) is 4.65. The third-order valence-corrected chi connectivity index (χ3v) is 8.42. The normalized spacial score (nSPS) is 11.6. The molecule has 0 saturated carbocycles. The van der Waals surface area contributed by atoms with Gasteiger partial charge in [0.2, 0.25) is 5.91 Å². The average molecular weight is 674 g/mol. The van der Waals surface area contributed by atoms with Crippen LogP contribution in [0.15, 0.2) is 138 Å². The molecule has 49 heavy (non-hydrogen) atoms. The van der Waals surface area contributed by atoms with Crippen molar-refractivity contribution in [1.82, 2.24) is 5.32 Å². The lowest BCUT2D eigenvalue weighted by Gasteiger charge is -2.18. The van der Waals surface area contributed by atoms with Gasteiger partial charge in [0.1, 0.15) is 28.0 Å². The fourth-order valence-corrected chi connectivity index (χ4v) is 5.68. The van der Waals surface area contributed by atoms with Crippen LogP contribution < -0.4 is 20.7 Å². The van der Waals surface area contributed by atoms with E-state index >= 15 is 0 Å². The van der Waals surface area contributed by atoms with Crippen molar-refractivity contribution in [2.45, 2.75) is 10.1 Å². The quantitative estimate of drug-likeness (QED) is 0.0540. The highest BCUT2D eigenvalue weighted by atomic mass is 32.2. The predicted molar refractivity (Wildman–Crippen MR) is 189 cm³/mol. The molecule has 1 unspecified atom stereocenters. The molecule has 0 aliphatic heterocycles. The van der Waals surface area contributed by atoms with Crippen LogP contribution in [0, 0.1) is 0 Å². The zero-order valence-electron chi connectivity index (χ0n) is 26.1. The number of thioether (sulfide) groups is 1. The molecule has 0 aromatic heterocycles. The summed E-state index contributed by atoms with van der Waals surface area (Å²) in [4.78, 5) is 52.1. The van der Waals surface area contributed by atoms with E-state index in [1.165, 1.54) is 30.0 Å². The Hall–Kier alpha value is -6.33. The first-order valence-corrected chi connectivity index (χ1v) is 15.8. The van der Waals surface area contributed by atoms with E-state index < -0.39 is 34.7 Å². The number of ether oxygens (including phenoxy) is 1. The Labute approximate surface area is 286 Å². The molecule has 246 valence electrons. The smallest absolute Gasteiger partial charge is 0.339 e. The molecule has 0 bridgehead atoms. The summed E-state index contributed by atoms with van der Waals surface area (Å²) in [6.07, 6.45) is 1.57. The fraction of sp³-hybridized carbons (Fsp3) is 0.0526. The van der Waals surface area contributed by atoms with Crippen molar-refractivity contribution in [2.24, 2.45) is 0 Å². The molecule has 5 aromatic carbocycles. The predicted octanol–water partition coefficient (Wildman–Crippen LogP) is 6.98. The van der Waals surface area contributed by atoms with Gasteiger partial charge in [-0.2, -0.15) is 0 Å². The molecule has 5 N–H and O–H groups in total. The van der Waals surface area contributed by atoms with E-state index in [0.717, 1.165) is 0 Å². The van der Waals surface area contributed by atoms with Crippen molar-refractivity contribution in [2.75, 3.05) is 17.7 Å². The van der Waals surface area contributed by atoms with E-state index in [4.69, 9.17) is 4.74 Å². The van der Waals surface area contributed by atoms with Crippen molar-refractivity contribution in [3.8, 4) is 11.5 Å². The molecule has 11 heteroatoms. The van der Waals surface area contributed by atoms with Gasteiger partial charge in [-0.1, -0.05) is 60.7 Å². The Balaban J connectivity index is 1.33. The van der Waals surface area contributed by atoms with Gasteiger partial charge in [0, 0.05) is 21.8 Å². The highest BCUT2D eigenvalue weighted by Gasteiger charge is 2.23. The van der Waals surface area contributed by atoms with Crippen molar-refractivity contribution < 1.29 is 34.1 Å². The number of anilines is 2. The minimum Gasteiger partial charge on any atom is -0.507 e. The molecule has 0 aliphatic rings. The minimum absolute atomic E-state index is 0.0265. The van der Waals surface area contributed by atoms with Crippen LogP contribution in [0.1, 0.15) is 37.1 Å². The first-order valence-electron chi connectivity index (χ1n) is 14.9. The monoisotopic (exact) mass is 673 g/mol. The Morgan fingerprint density at radius 3 is 2.02 bits per heavy atom. The summed E-state index contributed by atoms with van der Waals surface area (Å²) in [5.41, 5.74) is 2.14. The van der Waals surface area contributed by atoms with Crippen molar-refractivity contribution in [3.05, 3.63) is 155 Å². The summed E-state index contributed by atoms with van der Waals surface area (Å²) in [6.45, 7) is 0. The van der Waals surface area contributed by atoms with Crippen LogP contribution in [-0.2, 0) is 9.59 Å². The molecule has 0 heterocycles. The van der Waals surface area contributed by atoms with Gasteiger partial charge < -0.3 is 30.9 Å².